The van der Waals surface area contributed by atoms with Gasteiger partial charge < -0.3 is 9.52 Å². The number of benzene rings is 1. The van der Waals surface area contributed by atoms with Crippen LogP contribution in [0.1, 0.15) is 0 Å². The number of phenols is 1. The molecule has 0 spiro atoms. The lowest BCUT2D eigenvalue weighted by Crippen LogP contribution is -1.90. The van der Waals surface area contributed by atoms with Crippen LogP contribution < -0.4 is 0 Å². The Morgan fingerprint density at radius 1 is 1.18 bits per heavy atom. The van der Waals surface area contributed by atoms with Gasteiger partial charge in [-0.3, -0.25) is 0 Å². The van der Waals surface area contributed by atoms with Crippen molar-refractivity contribution in [2.75, 3.05) is 0 Å². The van der Waals surface area contributed by atoms with Crippen LogP contribution in [0, 0.1) is 0 Å². The quantitative estimate of drug-likeness (QED) is 0.698. The summed E-state index contributed by atoms with van der Waals surface area (Å²) in [5.74, 6) is 0.845. The summed E-state index contributed by atoms with van der Waals surface area (Å²) in [5, 5.41) is 10.3. The van der Waals surface area contributed by atoms with Crippen molar-refractivity contribution in [2.45, 2.75) is 0 Å². The monoisotopic (exact) mass is 290 g/mol. The first-order valence-corrected chi connectivity index (χ1v) is 5.73. The van der Waals surface area contributed by atoms with E-state index in [-0.39, 0.29) is 5.75 Å². The standard InChI is InChI=1S/C12H7BrN2O2/c13-12-14-9-6-7(16)3-4-8(9)11(15-12)10-2-1-5-17-10/h1-6,16H. The molecule has 0 aliphatic rings. The molecule has 0 saturated carbocycles. The number of furan rings is 1. The van der Waals surface area contributed by atoms with E-state index in [9.17, 15) is 5.11 Å². The molecule has 3 aromatic rings. The summed E-state index contributed by atoms with van der Waals surface area (Å²) in [4.78, 5) is 8.51. The molecule has 17 heavy (non-hydrogen) atoms. The van der Waals surface area contributed by atoms with Crippen molar-refractivity contribution in [1.29, 1.82) is 0 Å². The lowest BCUT2D eigenvalue weighted by atomic mass is 10.1. The van der Waals surface area contributed by atoms with Gasteiger partial charge in [0.2, 0.25) is 0 Å². The number of hydrogen-bond donors (Lipinski definition) is 1. The Morgan fingerprint density at radius 2 is 2.06 bits per heavy atom. The van der Waals surface area contributed by atoms with Gasteiger partial charge in [0.1, 0.15) is 11.4 Å². The minimum Gasteiger partial charge on any atom is -0.508 e. The zero-order chi connectivity index (χ0) is 11.8. The third-order valence-corrected chi connectivity index (χ3v) is 2.76. The average Bonchev–Trinajstić information content (AvgIpc) is 2.80. The smallest absolute Gasteiger partial charge is 0.197 e. The van der Waals surface area contributed by atoms with Crippen LogP contribution in [0.5, 0.6) is 5.75 Å². The maximum absolute atomic E-state index is 9.44. The summed E-state index contributed by atoms with van der Waals surface area (Å²) in [7, 11) is 0. The number of rotatable bonds is 1. The van der Waals surface area contributed by atoms with Crippen LogP contribution in [-0.4, -0.2) is 15.1 Å². The molecule has 0 aliphatic carbocycles. The molecule has 0 amide bonds. The molecule has 1 aromatic carbocycles. The molecule has 0 radical (unpaired) electrons. The third-order valence-electron chi connectivity index (χ3n) is 2.41. The Labute approximate surface area is 105 Å². The molecule has 4 nitrogen and oxygen atoms in total. The second-order valence-corrected chi connectivity index (χ2v) is 4.23. The molecule has 0 aliphatic heterocycles. The van der Waals surface area contributed by atoms with E-state index in [1.54, 1.807) is 30.5 Å². The zero-order valence-electron chi connectivity index (χ0n) is 8.59. The lowest BCUT2D eigenvalue weighted by molar-refractivity contribution is 0.476. The van der Waals surface area contributed by atoms with Gasteiger partial charge in [-0.1, -0.05) is 0 Å². The van der Waals surface area contributed by atoms with Crippen molar-refractivity contribution in [3.05, 3.63) is 41.3 Å². The van der Waals surface area contributed by atoms with Crippen molar-refractivity contribution in [2.24, 2.45) is 0 Å². The van der Waals surface area contributed by atoms with Gasteiger partial charge >= 0.3 is 0 Å². The van der Waals surface area contributed by atoms with Crippen molar-refractivity contribution in [1.82, 2.24) is 9.97 Å². The molecule has 3 rings (SSSR count). The van der Waals surface area contributed by atoms with E-state index < -0.39 is 0 Å². The van der Waals surface area contributed by atoms with Crippen LogP contribution in [-0.2, 0) is 0 Å². The Bertz CT molecular complexity index is 675. The van der Waals surface area contributed by atoms with Gasteiger partial charge in [0.15, 0.2) is 10.5 Å². The Balaban J connectivity index is 2.38. The fourth-order valence-electron chi connectivity index (χ4n) is 1.69. The van der Waals surface area contributed by atoms with Gasteiger partial charge in [-0.15, -0.1) is 0 Å². The second kappa shape index (κ2) is 3.85. The van der Waals surface area contributed by atoms with Crippen LogP contribution in [0.3, 0.4) is 0 Å². The Morgan fingerprint density at radius 3 is 2.82 bits per heavy atom. The molecule has 2 heterocycles. The average molecular weight is 291 g/mol. The van der Waals surface area contributed by atoms with Crippen LogP contribution in [0.15, 0.2) is 45.7 Å². The first-order valence-electron chi connectivity index (χ1n) is 4.94. The summed E-state index contributed by atoms with van der Waals surface area (Å²) >= 11 is 3.25. The van der Waals surface area contributed by atoms with Crippen molar-refractivity contribution in [3.8, 4) is 17.2 Å². The van der Waals surface area contributed by atoms with Gasteiger partial charge in [0.05, 0.1) is 11.8 Å². The molecule has 0 saturated heterocycles. The highest BCUT2D eigenvalue weighted by molar-refractivity contribution is 9.10. The highest BCUT2D eigenvalue weighted by Crippen LogP contribution is 2.29. The van der Waals surface area contributed by atoms with Crippen molar-refractivity contribution in [3.63, 3.8) is 0 Å². The molecule has 84 valence electrons. The van der Waals surface area contributed by atoms with Crippen molar-refractivity contribution < 1.29 is 9.52 Å². The van der Waals surface area contributed by atoms with Crippen LogP contribution >= 0.6 is 15.9 Å². The van der Waals surface area contributed by atoms with E-state index in [0.29, 0.717) is 21.7 Å². The number of fused-ring (bicyclic) bond motifs is 1. The molecule has 0 fully saturated rings. The number of hydrogen-bond acceptors (Lipinski definition) is 4. The van der Waals surface area contributed by atoms with Gasteiger partial charge in [-0.2, -0.15) is 0 Å². The van der Waals surface area contributed by atoms with E-state index in [4.69, 9.17) is 4.42 Å². The molecule has 1 N–H and O–H groups in total. The van der Waals surface area contributed by atoms with E-state index >= 15 is 0 Å². The number of aromatic nitrogens is 2. The SMILES string of the molecule is Oc1ccc2c(-c3ccco3)nc(Br)nc2c1. The maximum Gasteiger partial charge on any atom is 0.197 e. The molecule has 0 bridgehead atoms. The minimum atomic E-state index is 0.175. The molecule has 5 heteroatoms. The molecule has 2 aromatic heterocycles. The second-order valence-electron chi connectivity index (χ2n) is 3.52. The fraction of sp³-hybridized carbons (Fsp3) is 0. The number of nitrogens with zero attached hydrogens (tertiary/aromatic N) is 2. The van der Waals surface area contributed by atoms with E-state index in [2.05, 4.69) is 25.9 Å². The molecule has 0 atom stereocenters. The highest BCUT2D eigenvalue weighted by atomic mass is 79.9. The van der Waals surface area contributed by atoms with E-state index in [1.165, 1.54) is 0 Å². The number of phenolic OH excluding ortho intramolecular Hbond substituents is 1. The predicted octanol–water partition coefficient (Wildman–Crippen LogP) is 3.36. The normalized spacial score (nSPS) is 10.9. The summed E-state index contributed by atoms with van der Waals surface area (Å²) in [6.07, 6.45) is 1.59. The Hall–Kier alpha value is -1.88. The summed E-state index contributed by atoms with van der Waals surface area (Å²) in [6, 6.07) is 8.61. The molecular formula is C12H7BrN2O2. The third kappa shape index (κ3) is 1.78. The van der Waals surface area contributed by atoms with Gasteiger partial charge in [0, 0.05) is 11.5 Å². The molecular weight excluding hydrogens is 284 g/mol. The van der Waals surface area contributed by atoms with E-state index in [0.717, 1.165) is 5.39 Å². The first kappa shape index (κ1) is 10.3. The summed E-state index contributed by atoms with van der Waals surface area (Å²) in [6.45, 7) is 0. The molecule has 0 unspecified atom stereocenters. The van der Waals surface area contributed by atoms with Crippen LogP contribution in [0.2, 0.25) is 0 Å². The van der Waals surface area contributed by atoms with E-state index in [1.807, 2.05) is 6.07 Å². The summed E-state index contributed by atoms with van der Waals surface area (Å²) in [5.41, 5.74) is 1.37. The van der Waals surface area contributed by atoms with Gasteiger partial charge in [0.25, 0.3) is 0 Å². The maximum atomic E-state index is 9.44. The van der Waals surface area contributed by atoms with Gasteiger partial charge in [-0.05, 0) is 40.2 Å². The Kier molecular flexibility index (Phi) is 2.33. The topological polar surface area (TPSA) is 59.2 Å². The zero-order valence-corrected chi connectivity index (χ0v) is 10.2. The minimum absolute atomic E-state index is 0.175. The lowest BCUT2D eigenvalue weighted by Gasteiger charge is -2.04. The number of halogens is 1. The first-order chi connectivity index (χ1) is 8.24. The fourth-order valence-corrected chi connectivity index (χ4v) is 2.06. The highest BCUT2D eigenvalue weighted by Gasteiger charge is 2.11. The number of aromatic hydroxyl groups is 1. The largest absolute Gasteiger partial charge is 0.508 e. The summed E-state index contributed by atoms with van der Waals surface area (Å²) < 4.78 is 5.80. The van der Waals surface area contributed by atoms with Gasteiger partial charge in [-0.25, -0.2) is 9.97 Å². The predicted molar refractivity (Wildman–Crippen MR) is 66.6 cm³/mol. The van der Waals surface area contributed by atoms with Crippen molar-refractivity contribution >= 4 is 26.8 Å². The van der Waals surface area contributed by atoms with Crippen LogP contribution in [0.25, 0.3) is 22.4 Å². The van der Waals surface area contributed by atoms with Crippen LogP contribution in [0.4, 0.5) is 0 Å².